The summed E-state index contributed by atoms with van der Waals surface area (Å²) < 4.78 is 10.6. The Kier molecular flexibility index (Phi) is 22.1. The summed E-state index contributed by atoms with van der Waals surface area (Å²) in [6, 6.07) is 3.44. The number of nitrogens with two attached hydrogens (primary N) is 1. The lowest BCUT2D eigenvalue weighted by Crippen LogP contribution is -2.39. The normalized spacial score (nSPS) is 11.3. The lowest BCUT2D eigenvalue weighted by molar-refractivity contribution is -0.118. The SMILES string of the molecule is CCCCCCn1cc(NC(=O)c2nc(NC(=O)CCNC(=O)c3nc(NC(=O)c4nccn4C)cn3C)cn2C)nc1C(=O)NCC[C@@H](N)C(=O)Nc1cc(C(=O)NCCC(=O)Nc2cc(C(=O)Nc3cc(C(=O)NCCC)n(C)c3)n(C)c2)n(C)c1. The van der Waals surface area contributed by atoms with Gasteiger partial charge in [0.15, 0.2) is 23.3 Å². The van der Waals surface area contributed by atoms with Crippen LogP contribution in [0.25, 0.3) is 0 Å². The number of hydrogen-bond donors (Lipinski definition) is 11. The van der Waals surface area contributed by atoms with E-state index in [1.165, 1.54) is 61.4 Å². The van der Waals surface area contributed by atoms with E-state index in [1.807, 2.05) is 6.92 Å². The van der Waals surface area contributed by atoms with E-state index in [0.717, 1.165) is 25.7 Å². The van der Waals surface area contributed by atoms with Gasteiger partial charge >= 0.3 is 0 Å². The van der Waals surface area contributed by atoms with Gasteiger partial charge in [-0.05, 0) is 37.5 Å². The molecule has 0 aliphatic carbocycles. The molecule has 12 N–H and O–H groups in total. The van der Waals surface area contributed by atoms with Crippen molar-refractivity contribution >= 4 is 93.6 Å². The van der Waals surface area contributed by atoms with Gasteiger partial charge in [0.25, 0.3) is 41.4 Å². The monoisotopic (exact) mass is 1210 g/mol. The van der Waals surface area contributed by atoms with Gasteiger partial charge in [-0.1, -0.05) is 33.1 Å². The summed E-state index contributed by atoms with van der Waals surface area (Å²) in [6.45, 7) is 4.80. The van der Waals surface area contributed by atoms with Crippen LogP contribution in [0.3, 0.4) is 0 Å². The number of unbranched alkanes of at least 4 members (excludes halogenated alkanes) is 3. The number of anilines is 6. The van der Waals surface area contributed by atoms with Crippen molar-refractivity contribution < 1.29 is 47.9 Å². The van der Waals surface area contributed by atoms with Gasteiger partial charge in [0, 0.05) is 137 Å². The zero-order valence-corrected chi connectivity index (χ0v) is 50.2. The van der Waals surface area contributed by atoms with E-state index in [1.54, 1.807) is 80.6 Å². The first-order valence-electron chi connectivity index (χ1n) is 28.4. The Hall–Kier alpha value is -10.7. The molecule has 1 atom stereocenters. The highest BCUT2D eigenvalue weighted by molar-refractivity contribution is 6.06. The molecule has 468 valence electrons. The van der Waals surface area contributed by atoms with Crippen molar-refractivity contribution in [3.63, 3.8) is 0 Å². The number of imidazole rings is 4. The van der Waals surface area contributed by atoms with Gasteiger partial charge in [-0.2, -0.15) is 0 Å². The van der Waals surface area contributed by atoms with Crippen LogP contribution in [0.4, 0.5) is 34.5 Å². The number of rotatable bonds is 30. The first-order chi connectivity index (χ1) is 42.0. The van der Waals surface area contributed by atoms with E-state index in [0.29, 0.717) is 36.6 Å². The van der Waals surface area contributed by atoms with E-state index >= 15 is 0 Å². The number of carbonyl (C=O) groups is 10. The van der Waals surface area contributed by atoms with Crippen molar-refractivity contribution in [3.05, 3.63) is 108 Å². The third kappa shape index (κ3) is 17.3. The average Bonchev–Trinajstić information content (AvgIpc) is 4.45. The molecule has 7 heterocycles. The number of hydrogen-bond acceptors (Lipinski definition) is 15. The summed E-state index contributed by atoms with van der Waals surface area (Å²) in [5.41, 5.74) is 8.10. The lowest BCUT2D eigenvalue weighted by atomic mass is 10.2. The second-order valence-electron chi connectivity index (χ2n) is 20.7. The van der Waals surface area contributed by atoms with Crippen molar-refractivity contribution in [1.82, 2.24) is 73.2 Å². The fourth-order valence-corrected chi connectivity index (χ4v) is 9.00. The second-order valence-corrected chi connectivity index (χ2v) is 20.7. The fourth-order valence-electron chi connectivity index (χ4n) is 9.00. The van der Waals surface area contributed by atoms with E-state index in [2.05, 4.69) is 80.0 Å². The van der Waals surface area contributed by atoms with E-state index in [4.69, 9.17) is 5.73 Å². The topological polar surface area (TPSA) is 403 Å². The Morgan fingerprint density at radius 2 is 0.920 bits per heavy atom. The maximum absolute atomic E-state index is 13.6. The van der Waals surface area contributed by atoms with Gasteiger partial charge in [-0.25, -0.2) is 19.9 Å². The number of nitrogens with one attached hydrogen (secondary N) is 10. The predicted molar refractivity (Wildman–Crippen MR) is 323 cm³/mol. The standard InChI is InChI=1S/C56H74N22O10/c1-9-11-12-13-22-78-32-42(71-56(88)47-67-40(30-77(47)8)66-44(80)16-20-62-53(85)46-68-41(31-76(46)7)70-55(87)45-58-21-23-72(45)3)69-48(78)54(86)61-18-14-36(57)49(81)64-34-25-38(73(4)28-34)51(83)60-19-15-43(79)63-33-24-39(75(6)27-33)52(84)65-35-26-37(74(5)29-35)50(82)59-17-10-2/h21,23-32,36H,9-20,22,57H2,1-8H3,(H,59,82)(H,60,83)(H,61,86)(H,62,85)(H,63,79)(H,64,81)(H,65,84)(H,66,80)(H,70,87)(H,71,88)/t36-/m1/s1. The average molecular weight is 1220 g/mol. The van der Waals surface area contributed by atoms with Crippen molar-refractivity contribution in [3.8, 4) is 0 Å². The Bertz CT molecular complexity index is 3720. The molecule has 7 aromatic rings. The summed E-state index contributed by atoms with van der Waals surface area (Å²) in [6.07, 6.45) is 16.3. The van der Waals surface area contributed by atoms with Crippen LogP contribution in [0.2, 0.25) is 0 Å². The molecule has 0 aliphatic rings. The first-order valence-corrected chi connectivity index (χ1v) is 28.4. The molecule has 7 rings (SSSR count). The molecule has 7 aromatic heterocycles. The van der Waals surface area contributed by atoms with Gasteiger partial charge in [0.1, 0.15) is 17.1 Å². The largest absolute Gasteiger partial charge is 0.351 e. The molecule has 0 spiro atoms. The van der Waals surface area contributed by atoms with Gasteiger partial charge in [-0.3, -0.25) is 47.9 Å². The highest BCUT2D eigenvalue weighted by atomic mass is 16.2. The zero-order valence-electron chi connectivity index (χ0n) is 50.2. The van der Waals surface area contributed by atoms with Crippen LogP contribution >= 0.6 is 0 Å². The van der Waals surface area contributed by atoms with Crippen LogP contribution in [0.1, 0.15) is 139 Å². The summed E-state index contributed by atoms with van der Waals surface area (Å²) >= 11 is 0. The highest BCUT2D eigenvalue weighted by Gasteiger charge is 2.24. The summed E-state index contributed by atoms with van der Waals surface area (Å²) in [7, 11) is 9.73. The molecule has 0 saturated carbocycles. The Labute approximate surface area is 505 Å². The van der Waals surface area contributed by atoms with Crippen molar-refractivity contribution in [1.29, 1.82) is 0 Å². The number of amides is 10. The number of aryl methyl sites for hydroxylation is 7. The summed E-state index contributed by atoms with van der Waals surface area (Å²) in [5.74, 6) is -4.84. The lowest BCUT2D eigenvalue weighted by Gasteiger charge is -2.12. The molecule has 0 fully saturated rings. The first kappa shape index (κ1) is 64.9. The smallest absolute Gasteiger partial charge is 0.292 e. The third-order valence-electron chi connectivity index (χ3n) is 13.6. The third-order valence-corrected chi connectivity index (χ3v) is 13.6. The molecule has 0 saturated heterocycles. The predicted octanol–water partition coefficient (Wildman–Crippen LogP) is 2.18. The summed E-state index contributed by atoms with van der Waals surface area (Å²) in [5, 5.41) is 26.9. The van der Waals surface area contributed by atoms with Crippen LogP contribution in [0.5, 0.6) is 0 Å². The molecule has 0 unspecified atom stereocenters. The van der Waals surface area contributed by atoms with Gasteiger partial charge in [-0.15, -0.1) is 0 Å². The molecular formula is C56H74N22O10. The van der Waals surface area contributed by atoms with Crippen LogP contribution in [0, 0.1) is 0 Å². The molecule has 0 bridgehead atoms. The minimum atomic E-state index is -1.09. The maximum atomic E-state index is 13.6. The quantitative estimate of drug-likeness (QED) is 0.0288. The Morgan fingerprint density at radius 1 is 0.443 bits per heavy atom. The van der Waals surface area contributed by atoms with Crippen LogP contribution in [0.15, 0.2) is 67.8 Å². The number of nitrogens with zero attached hydrogens (tertiary/aromatic N) is 11. The summed E-state index contributed by atoms with van der Waals surface area (Å²) in [4.78, 5) is 147. The molecule has 88 heavy (non-hydrogen) atoms. The number of carbonyl (C=O) groups excluding carboxylic acids is 10. The molecular weight excluding hydrogens is 1140 g/mol. The van der Waals surface area contributed by atoms with E-state index in [-0.39, 0.29) is 103 Å². The Balaban J connectivity index is 0.833. The minimum Gasteiger partial charge on any atom is -0.351 e. The molecule has 0 radical (unpaired) electrons. The van der Waals surface area contributed by atoms with Crippen molar-refractivity contribution in [2.24, 2.45) is 48.0 Å². The molecule has 32 nitrogen and oxygen atoms in total. The second kappa shape index (κ2) is 29.9. The van der Waals surface area contributed by atoms with Crippen molar-refractivity contribution in [2.75, 3.05) is 58.1 Å². The molecule has 0 aromatic carbocycles. The fraction of sp³-hybridized carbons (Fsp3) is 0.393. The van der Waals surface area contributed by atoms with Crippen LogP contribution in [-0.2, 0) is 63.2 Å². The molecule has 32 heteroatoms. The highest BCUT2D eigenvalue weighted by Crippen LogP contribution is 2.20. The van der Waals surface area contributed by atoms with E-state index in [9.17, 15) is 47.9 Å². The molecule has 10 amide bonds. The minimum absolute atomic E-state index is 0.00187. The van der Waals surface area contributed by atoms with Gasteiger partial charge in [0.2, 0.25) is 35.2 Å². The zero-order chi connectivity index (χ0) is 63.8. The van der Waals surface area contributed by atoms with Crippen LogP contribution < -0.4 is 58.9 Å². The van der Waals surface area contributed by atoms with E-state index < -0.39 is 59.2 Å². The van der Waals surface area contributed by atoms with Crippen LogP contribution in [-0.4, -0.2) is 143 Å². The van der Waals surface area contributed by atoms with Gasteiger partial charge in [0.05, 0.1) is 23.1 Å². The maximum Gasteiger partial charge on any atom is 0.292 e. The van der Waals surface area contributed by atoms with Crippen molar-refractivity contribution in [2.45, 2.75) is 77.8 Å². The molecule has 0 aliphatic heterocycles. The Morgan fingerprint density at radius 3 is 1.50 bits per heavy atom. The number of aromatic nitrogens is 11. The van der Waals surface area contributed by atoms with Gasteiger partial charge < -0.3 is 90.9 Å².